The second-order valence-corrected chi connectivity index (χ2v) is 6.48. The lowest BCUT2D eigenvalue weighted by Crippen LogP contribution is -2.22. The fourth-order valence-corrected chi connectivity index (χ4v) is 3.20. The zero-order valence-electron chi connectivity index (χ0n) is 15.4. The van der Waals surface area contributed by atoms with Crippen LogP contribution in [0.3, 0.4) is 0 Å². The van der Waals surface area contributed by atoms with Crippen molar-refractivity contribution in [3.8, 4) is 12.3 Å². The standard InChI is InChI=1S/C17H18BFN4O4.CHN/c19-14-7-11(6-10-3-4-18(25)27-15(10)14)21-17-13(16(20)24)8-23(22-17)12-2-1-5-26-9-12;1-2/h3-4,6-8,12,25H,1-2,5,9H2,(H2,20,24)(H,21,22);1H. The van der Waals surface area contributed by atoms with Crippen LogP contribution in [0.25, 0.3) is 6.08 Å². The monoisotopic (exact) mass is 399 g/mol. The van der Waals surface area contributed by atoms with E-state index in [1.807, 2.05) is 0 Å². The van der Waals surface area contributed by atoms with Crippen LogP contribution < -0.4 is 15.7 Å². The number of amides is 1. The van der Waals surface area contributed by atoms with Gasteiger partial charge in [-0.1, -0.05) is 6.08 Å². The first kappa shape index (κ1) is 20.4. The smallest absolute Gasteiger partial charge is 0.530 e. The molecule has 0 radical (unpaired) electrons. The van der Waals surface area contributed by atoms with Crippen molar-refractivity contribution in [2.75, 3.05) is 18.5 Å². The average molecular weight is 399 g/mol. The molecule has 1 aromatic carbocycles. The molecule has 2 aromatic rings. The van der Waals surface area contributed by atoms with Crippen molar-refractivity contribution in [2.45, 2.75) is 18.9 Å². The molecule has 1 saturated heterocycles. The van der Waals surface area contributed by atoms with Crippen molar-refractivity contribution in [2.24, 2.45) is 5.73 Å². The van der Waals surface area contributed by atoms with E-state index in [0.717, 1.165) is 12.8 Å². The Morgan fingerprint density at radius 1 is 1.48 bits per heavy atom. The van der Waals surface area contributed by atoms with Gasteiger partial charge in [-0.15, -0.1) is 0 Å². The minimum atomic E-state index is -1.18. The minimum Gasteiger partial charge on any atom is -0.530 e. The van der Waals surface area contributed by atoms with Crippen molar-refractivity contribution in [3.63, 3.8) is 0 Å². The highest BCUT2D eigenvalue weighted by atomic mass is 19.1. The number of anilines is 2. The number of nitriles is 1. The maximum Gasteiger partial charge on any atom is 0.552 e. The van der Waals surface area contributed by atoms with Crippen LogP contribution in [0, 0.1) is 17.7 Å². The lowest BCUT2D eigenvalue weighted by molar-refractivity contribution is 0.0550. The van der Waals surface area contributed by atoms with Gasteiger partial charge in [0.05, 0.1) is 12.6 Å². The number of halogens is 1. The summed E-state index contributed by atoms with van der Waals surface area (Å²) in [6, 6.07) is 2.86. The number of nitrogens with zero attached hydrogens (tertiary/aromatic N) is 3. The van der Waals surface area contributed by atoms with E-state index in [1.54, 1.807) is 23.0 Å². The number of ether oxygens (including phenoxy) is 1. The quantitative estimate of drug-likeness (QED) is 0.667. The molecule has 9 nitrogen and oxygen atoms in total. The molecule has 1 unspecified atom stereocenters. The minimum absolute atomic E-state index is 0.0190. The van der Waals surface area contributed by atoms with Crippen LogP contribution >= 0.6 is 0 Å². The molecular weight excluding hydrogens is 380 g/mol. The van der Waals surface area contributed by atoms with Gasteiger partial charge in [0.1, 0.15) is 11.3 Å². The molecule has 3 heterocycles. The fraction of sp³-hybridized carbons (Fsp3) is 0.278. The molecule has 1 fully saturated rings. The number of primary amides is 1. The van der Waals surface area contributed by atoms with Crippen molar-refractivity contribution >= 4 is 30.6 Å². The zero-order valence-corrected chi connectivity index (χ0v) is 15.4. The van der Waals surface area contributed by atoms with Crippen molar-refractivity contribution < 1.29 is 23.6 Å². The van der Waals surface area contributed by atoms with Crippen LogP contribution in [-0.2, 0) is 4.74 Å². The third-order valence-corrected chi connectivity index (χ3v) is 4.52. The number of benzene rings is 1. The highest BCUT2D eigenvalue weighted by Gasteiger charge is 2.24. The summed E-state index contributed by atoms with van der Waals surface area (Å²) in [5, 5.41) is 23.3. The maximum absolute atomic E-state index is 14.3. The van der Waals surface area contributed by atoms with E-state index in [4.69, 9.17) is 20.4 Å². The van der Waals surface area contributed by atoms with Gasteiger partial charge in [0, 0.05) is 36.7 Å². The number of aromatic nitrogens is 2. The van der Waals surface area contributed by atoms with Crippen LogP contribution in [0.4, 0.5) is 15.9 Å². The Kier molecular flexibility index (Phi) is 6.16. The van der Waals surface area contributed by atoms with Crippen LogP contribution in [-0.4, -0.2) is 41.0 Å². The van der Waals surface area contributed by atoms with Gasteiger partial charge < -0.3 is 25.5 Å². The van der Waals surface area contributed by atoms with Gasteiger partial charge >= 0.3 is 7.12 Å². The Hall–Kier alpha value is -3.36. The summed E-state index contributed by atoms with van der Waals surface area (Å²) in [4.78, 5) is 11.8. The van der Waals surface area contributed by atoms with Gasteiger partial charge in [0.25, 0.3) is 5.91 Å². The van der Waals surface area contributed by atoms with Crippen LogP contribution in [0.15, 0.2) is 24.3 Å². The molecule has 1 aromatic heterocycles. The van der Waals surface area contributed by atoms with Gasteiger partial charge in [0.2, 0.25) is 0 Å². The number of hydrogen-bond donors (Lipinski definition) is 3. The fourth-order valence-electron chi connectivity index (χ4n) is 3.20. The van der Waals surface area contributed by atoms with Gasteiger partial charge in [0.15, 0.2) is 11.6 Å². The molecule has 0 saturated carbocycles. The number of carbonyl (C=O) groups excluding carboxylic acids is 1. The predicted molar refractivity (Wildman–Crippen MR) is 104 cm³/mol. The third kappa shape index (κ3) is 4.39. The highest BCUT2D eigenvalue weighted by Crippen LogP contribution is 2.33. The summed E-state index contributed by atoms with van der Waals surface area (Å²) >= 11 is 0. The predicted octanol–water partition coefficient (Wildman–Crippen LogP) is 1.78. The molecule has 0 bridgehead atoms. The molecule has 150 valence electrons. The second-order valence-electron chi connectivity index (χ2n) is 6.48. The van der Waals surface area contributed by atoms with E-state index in [1.165, 1.54) is 12.0 Å². The Bertz CT molecular complexity index is 955. The number of carbonyl (C=O) groups is 1. The van der Waals surface area contributed by atoms with E-state index < -0.39 is 18.8 Å². The lowest BCUT2D eigenvalue weighted by Gasteiger charge is -2.22. The Morgan fingerprint density at radius 3 is 2.97 bits per heavy atom. The first-order chi connectivity index (χ1) is 14.0. The molecule has 4 N–H and O–H groups in total. The number of hydrogen-bond acceptors (Lipinski definition) is 7. The van der Waals surface area contributed by atoms with Crippen molar-refractivity contribution in [1.29, 1.82) is 5.26 Å². The lowest BCUT2D eigenvalue weighted by atomic mass is 9.86. The topological polar surface area (TPSA) is 135 Å². The van der Waals surface area contributed by atoms with E-state index in [-0.39, 0.29) is 23.2 Å². The summed E-state index contributed by atoms with van der Waals surface area (Å²) in [5.41, 5.74) is 6.52. The molecule has 0 aliphatic carbocycles. The molecule has 0 spiro atoms. The Morgan fingerprint density at radius 2 is 2.28 bits per heavy atom. The maximum atomic E-state index is 14.3. The van der Waals surface area contributed by atoms with E-state index in [2.05, 4.69) is 17.0 Å². The molecule has 2 aliphatic rings. The normalized spacial score (nSPS) is 17.5. The van der Waals surface area contributed by atoms with E-state index in [0.29, 0.717) is 24.5 Å². The van der Waals surface area contributed by atoms with E-state index in [9.17, 15) is 14.2 Å². The highest BCUT2D eigenvalue weighted by molar-refractivity contribution is 6.51. The summed E-state index contributed by atoms with van der Waals surface area (Å²) < 4.78 is 26.5. The van der Waals surface area contributed by atoms with Crippen LogP contribution in [0.5, 0.6) is 5.75 Å². The summed E-state index contributed by atoms with van der Waals surface area (Å²) in [6.45, 7) is 4.72. The second kappa shape index (κ2) is 8.77. The van der Waals surface area contributed by atoms with Gasteiger partial charge in [-0.2, -0.15) is 5.10 Å². The molecule has 4 rings (SSSR count). The van der Waals surface area contributed by atoms with Gasteiger partial charge in [-0.05, 0) is 24.9 Å². The Labute approximate surface area is 166 Å². The van der Waals surface area contributed by atoms with Crippen molar-refractivity contribution in [1.82, 2.24) is 9.78 Å². The van der Waals surface area contributed by atoms with Crippen molar-refractivity contribution in [3.05, 3.63) is 41.2 Å². The molecule has 1 atom stereocenters. The zero-order chi connectivity index (χ0) is 21.0. The van der Waals surface area contributed by atoms with Crippen LogP contribution in [0.2, 0.25) is 0 Å². The Balaban J connectivity index is 0.00000117. The summed E-state index contributed by atoms with van der Waals surface area (Å²) in [7, 11) is -1.18. The summed E-state index contributed by atoms with van der Waals surface area (Å²) in [6.07, 6.45) is 4.94. The molecular formula is C18H19BFN5O4. The number of fused-ring (bicyclic) bond motifs is 1. The molecule has 11 heteroatoms. The summed E-state index contributed by atoms with van der Waals surface area (Å²) in [5.74, 6) is 0.339. The third-order valence-electron chi connectivity index (χ3n) is 4.52. The first-order valence-electron chi connectivity index (χ1n) is 8.87. The van der Waals surface area contributed by atoms with Gasteiger partial charge in [-0.3, -0.25) is 9.48 Å². The largest absolute Gasteiger partial charge is 0.552 e. The molecule has 1 amide bonds. The van der Waals surface area contributed by atoms with Crippen LogP contribution in [0.1, 0.15) is 34.8 Å². The van der Waals surface area contributed by atoms with Gasteiger partial charge in [-0.25, -0.2) is 9.65 Å². The van der Waals surface area contributed by atoms with E-state index >= 15 is 0 Å². The number of rotatable bonds is 4. The molecule has 2 aliphatic heterocycles. The SMILES string of the molecule is C#N.NC(=O)c1cn(C2CCCOC2)nc1Nc1cc(F)c2c(c1)C=CB(O)O2. The first-order valence-corrected chi connectivity index (χ1v) is 8.87. The molecule has 29 heavy (non-hydrogen) atoms. The number of nitrogens with one attached hydrogen (secondary N) is 1. The number of nitrogens with two attached hydrogens (primary N) is 1. The average Bonchev–Trinajstić information content (AvgIpc) is 3.15.